The first-order valence-corrected chi connectivity index (χ1v) is 9.03. The molecule has 8 heteroatoms. The van der Waals surface area contributed by atoms with Gasteiger partial charge in [-0.05, 0) is 18.2 Å². The van der Waals surface area contributed by atoms with Crippen molar-refractivity contribution in [3.8, 4) is 21.8 Å². The number of hydrogen-bond acceptors (Lipinski definition) is 6. The highest BCUT2D eigenvalue weighted by atomic mass is 35.5. The van der Waals surface area contributed by atoms with Gasteiger partial charge in [-0.15, -0.1) is 0 Å². The highest BCUT2D eigenvalue weighted by molar-refractivity contribution is 7.90. The number of aromatic nitrogens is 3. The average molecular weight is 352 g/mol. The van der Waals surface area contributed by atoms with Gasteiger partial charge in [0.2, 0.25) is 11.2 Å². The molecule has 0 spiro atoms. The summed E-state index contributed by atoms with van der Waals surface area (Å²) in [6.07, 6.45) is 3.27. The smallest absolute Gasteiger partial charge is 0.375 e. The Kier molecular flexibility index (Phi) is 4.30. The summed E-state index contributed by atoms with van der Waals surface area (Å²) in [6.45, 7) is 0. The van der Waals surface area contributed by atoms with E-state index >= 15 is 0 Å². The first-order valence-electron chi connectivity index (χ1n) is 6.25. The SMILES string of the molecule is C[S+](O)c1nccc(-c2sc(N)nc2-c2cccc(Cl)c2)n1. The quantitative estimate of drug-likeness (QED) is 0.556. The Morgan fingerprint density at radius 1 is 1.27 bits per heavy atom. The summed E-state index contributed by atoms with van der Waals surface area (Å²) >= 11 is 6.40. The van der Waals surface area contributed by atoms with Crippen LogP contribution in [0.2, 0.25) is 5.02 Å². The van der Waals surface area contributed by atoms with Gasteiger partial charge in [0.1, 0.15) is 6.26 Å². The van der Waals surface area contributed by atoms with Gasteiger partial charge < -0.3 is 5.73 Å². The van der Waals surface area contributed by atoms with Crippen LogP contribution in [0, 0.1) is 0 Å². The lowest BCUT2D eigenvalue weighted by Gasteiger charge is -2.02. The van der Waals surface area contributed by atoms with Gasteiger partial charge in [0, 0.05) is 16.8 Å². The first kappa shape index (κ1) is 15.2. The Hall–Kier alpha value is -1.67. The van der Waals surface area contributed by atoms with E-state index < -0.39 is 11.2 Å². The molecule has 3 aromatic rings. The Morgan fingerprint density at radius 3 is 2.82 bits per heavy atom. The molecule has 0 saturated heterocycles. The number of nitrogens with zero attached hydrogens (tertiary/aromatic N) is 3. The normalized spacial score (nSPS) is 12.3. The van der Waals surface area contributed by atoms with E-state index in [4.69, 9.17) is 17.3 Å². The van der Waals surface area contributed by atoms with Crippen LogP contribution in [0.4, 0.5) is 5.13 Å². The molecule has 3 rings (SSSR count). The van der Waals surface area contributed by atoms with Gasteiger partial charge in [-0.3, -0.25) is 0 Å². The van der Waals surface area contributed by atoms with Gasteiger partial charge in [-0.25, -0.2) is 4.98 Å². The zero-order chi connectivity index (χ0) is 15.7. The lowest BCUT2D eigenvalue weighted by atomic mass is 10.1. The van der Waals surface area contributed by atoms with E-state index in [9.17, 15) is 4.55 Å². The molecule has 1 aromatic carbocycles. The molecule has 2 aromatic heterocycles. The van der Waals surface area contributed by atoms with Crippen molar-refractivity contribution < 1.29 is 4.55 Å². The minimum Gasteiger partial charge on any atom is -0.375 e. The van der Waals surface area contributed by atoms with Crippen molar-refractivity contribution in [1.82, 2.24) is 15.0 Å². The minimum absolute atomic E-state index is 0.390. The largest absolute Gasteiger partial charge is 0.380 e. The fourth-order valence-corrected chi connectivity index (χ4v) is 3.41. The van der Waals surface area contributed by atoms with Gasteiger partial charge in [0.05, 0.1) is 16.3 Å². The molecule has 22 heavy (non-hydrogen) atoms. The van der Waals surface area contributed by atoms with E-state index in [0.717, 1.165) is 16.1 Å². The number of thiazole rings is 1. The molecule has 0 amide bonds. The van der Waals surface area contributed by atoms with E-state index in [1.54, 1.807) is 24.6 Å². The van der Waals surface area contributed by atoms with Gasteiger partial charge in [-0.2, -0.15) is 14.5 Å². The molecule has 0 radical (unpaired) electrons. The number of nitrogen functional groups attached to an aromatic ring is 1. The molecule has 0 aliphatic carbocycles. The van der Waals surface area contributed by atoms with Crippen LogP contribution in [0.25, 0.3) is 21.8 Å². The van der Waals surface area contributed by atoms with Crippen LogP contribution in [0.3, 0.4) is 0 Å². The molecular weight excluding hydrogens is 340 g/mol. The lowest BCUT2D eigenvalue weighted by Crippen LogP contribution is -2.03. The third kappa shape index (κ3) is 3.07. The molecule has 0 fully saturated rings. The molecule has 0 saturated carbocycles. The summed E-state index contributed by atoms with van der Waals surface area (Å²) in [5, 5.41) is 1.47. The maximum atomic E-state index is 9.67. The second-order valence-corrected chi connectivity index (χ2v) is 7.23. The van der Waals surface area contributed by atoms with E-state index in [1.165, 1.54) is 11.3 Å². The van der Waals surface area contributed by atoms with Crippen LogP contribution in [0.1, 0.15) is 0 Å². The number of rotatable bonds is 3. The molecule has 1 unspecified atom stereocenters. The standard InChI is InChI=1S/C14H12ClN4OS2/c1-22(20)14-17-6-5-10(18-14)12-11(19-13(16)21-12)8-3-2-4-9(15)7-8/h2-7,20H,1H3,(H2,16,19)/q+1. The van der Waals surface area contributed by atoms with Crippen LogP contribution < -0.4 is 5.73 Å². The van der Waals surface area contributed by atoms with Crippen molar-refractivity contribution in [2.45, 2.75) is 5.16 Å². The minimum atomic E-state index is -1.00. The maximum absolute atomic E-state index is 9.67. The second-order valence-electron chi connectivity index (χ2n) is 4.44. The summed E-state index contributed by atoms with van der Waals surface area (Å²) in [4.78, 5) is 13.7. The van der Waals surface area contributed by atoms with Crippen LogP contribution in [-0.2, 0) is 11.2 Å². The van der Waals surface area contributed by atoms with Crippen molar-refractivity contribution in [3.05, 3.63) is 41.6 Å². The molecule has 2 heterocycles. The Labute approximate surface area is 139 Å². The van der Waals surface area contributed by atoms with Crippen LogP contribution >= 0.6 is 22.9 Å². The summed E-state index contributed by atoms with van der Waals surface area (Å²) in [5.41, 5.74) is 8.15. The predicted molar refractivity (Wildman–Crippen MR) is 92.2 cm³/mol. The van der Waals surface area contributed by atoms with E-state index in [0.29, 0.717) is 21.0 Å². The molecule has 0 aliphatic rings. The number of benzene rings is 1. The van der Waals surface area contributed by atoms with Crippen LogP contribution in [0.15, 0.2) is 41.7 Å². The van der Waals surface area contributed by atoms with Crippen LogP contribution in [-0.4, -0.2) is 25.8 Å². The fourth-order valence-electron chi connectivity index (χ4n) is 1.95. The van der Waals surface area contributed by atoms with Gasteiger partial charge in [-0.1, -0.05) is 35.1 Å². The second kappa shape index (κ2) is 6.21. The van der Waals surface area contributed by atoms with Gasteiger partial charge >= 0.3 is 5.16 Å². The predicted octanol–water partition coefficient (Wildman–Crippen LogP) is 3.58. The van der Waals surface area contributed by atoms with Crippen molar-refractivity contribution in [1.29, 1.82) is 0 Å². The van der Waals surface area contributed by atoms with E-state index in [2.05, 4.69) is 15.0 Å². The third-order valence-electron chi connectivity index (χ3n) is 2.87. The zero-order valence-electron chi connectivity index (χ0n) is 11.5. The Morgan fingerprint density at radius 2 is 2.09 bits per heavy atom. The highest BCUT2D eigenvalue weighted by Gasteiger charge is 2.20. The van der Waals surface area contributed by atoms with Gasteiger partial charge in [0.25, 0.3) is 0 Å². The van der Waals surface area contributed by atoms with Crippen molar-refractivity contribution >= 4 is 39.2 Å². The lowest BCUT2D eigenvalue weighted by molar-refractivity contribution is 0.634. The number of hydrogen-bond donors (Lipinski definition) is 2. The molecule has 3 N–H and O–H groups in total. The number of halogens is 1. The summed E-state index contributed by atoms with van der Waals surface area (Å²) in [5.74, 6) is 0. The van der Waals surface area contributed by atoms with E-state index in [-0.39, 0.29) is 0 Å². The number of anilines is 1. The Bertz CT molecular complexity index is 822. The van der Waals surface area contributed by atoms with Crippen molar-refractivity contribution in [2.24, 2.45) is 0 Å². The number of nitrogens with two attached hydrogens (primary N) is 1. The summed E-state index contributed by atoms with van der Waals surface area (Å²) < 4.78 is 9.67. The topological polar surface area (TPSA) is 84.9 Å². The molecular formula is C14H12ClN4OS2+. The van der Waals surface area contributed by atoms with Crippen molar-refractivity contribution in [2.75, 3.05) is 12.0 Å². The Balaban J connectivity index is 2.14. The molecule has 0 bridgehead atoms. The fraction of sp³-hybridized carbons (Fsp3) is 0.0714. The highest BCUT2D eigenvalue weighted by Crippen LogP contribution is 2.37. The monoisotopic (exact) mass is 351 g/mol. The summed E-state index contributed by atoms with van der Waals surface area (Å²) in [6, 6.07) is 9.19. The first-order chi connectivity index (χ1) is 10.5. The third-order valence-corrected chi connectivity index (χ3v) is 4.74. The van der Waals surface area contributed by atoms with Crippen LogP contribution in [0.5, 0.6) is 0 Å². The molecule has 5 nitrogen and oxygen atoms in total. The molecule has 1 atom stereocenters. The van der Waals surface area contributed by atoms with E-state index in [1.807, 2.05) is 18.2 Å². The average Bonchev–Trinajstić information content (AvgIpc) is 2.89. The van der Waals surface area contributed by atoms with Gasteiger partial charge in [0.15, 0.2) is 5.13 Å². The molecule has 0 aliphatic heterocycles. The zero-order valence-corrected chi connectivity index (χ0v) is 13.9. The molecule has 112 valence electrons. The van der Waals surface area contributed by atoms with Crippen molar-refractivity contribution in [3.63, 3.8) is 0 Å². The maximum Gasteiger partial charge on any atom is 0.380 e. The summed E-state index contributed by atoms with van der Waals surface area (Å²) in [7, 11) is 0.